The zero-order chi connectivity index (χ0) is 19.9. The Morgan fingerprint density at radius 1 is 1.21 bits per heavy atom. The first-order valence-corrected chi connectivity index (χ1v) is 9.28. The van der Waals surface area contributed by atoms with Crippen LogP contribution in [0.3, 0.4) is 0 Å². The Labute approximate surface area is 162 Å². The van der Waals surface area contributed by atoms with Crippen LogP contribution in [0.1, 0.15) is 48.2 Å². The van der Waals surface area contributed by atoms with Gasteiger partial charge in [0.1, 0.15) is 5.56 Å². The second-order valence-corrected chi connectivity index (χ2v) is 6.68. The molecule has 9 heteroatoms. The number of hydrogen-bond donors (Lipinski definition) is 2. The molecule has 0 spiro atoms. The van der Waals surface area contributed by atoms with E-state index < -0.39 is 24.5 Å². The highest BCUT2D eigenvalue weighted by atomic mass is 16.5. The second kappa shape index (κ2) is 9.12. The van der Waals surface area contributed by atoms with Gasteiger partial charge in [-0.2, -0.15) is 5.10 Å². The molecule has 2 heterocycles. The minimum Gasteiger partial charge on any atom is -0.452 e. The summed E-state index contributed by atoms with van der Waals surface area (Å²) < 4.78 is 6.51. The molecule has 9 nitrogen and oxygen atoms in total. The van der Waals surface area contributed by atoms with Crippen LogP contribution in [-0.4, -0.2) is 45.3 Å². The molecule has 0 saturated heterocycles. The molecule has 1 fully saturated rings. The molecule has 1 saturated carbocycles. The van der Waals surface area contributed by atoms with Crippen molar-refractivity contribution in [2.24, 2.45) is 0 Å². The number of hydrogen-bond acceptors (Lipinski definition) is 6. The van der Waals surface area contributed by atoms with Gasteiger partial charge in [-0.1, -0.05) is 25.3 Å². The molecule has 0 atom stereocenters. The number of esters is 1. The molecule has 2 N–H and O–H groups in total. The molecule has 0 bridgehead atoms. The monoisotopic (exact) mass is 385 g/mol. The third-order valence-electron chi connectivity index (χ3n) is 4.62. The minimum absolute atomic E-state index is 0.0872. The third kappa shape index (κ3) is 4.93. The molecule has 0 aliphatic heterocycles. The first-order chi connectivity index (χ1) is 13.5. The molecular weight excluding hydrogens is 362 g/mol. The van der Waals surface area contributed by atoms with Gasteiger partial charge in [0.05, 0.1) is 11.9 Å². The molecule has 148 valence electrons. The number of aromatic nitrogens is 3. The molecule has 3 amide bonds. The fourth-order valence-electron chi connectivity index (χ4n) is 3.16. The molecular formula is C19H23N5O4. The Hall–Kier alpha value is -3.23. The summed E-state index contributed by atoms with van der Waals surface area (Å²) in [7, 11) is 0. The van der Waals surface area contributed by atoms with E-state index in [1.807, 2.05) is 6.07 Å². The molecule has 0 aromatic carbocycles. The van der Waals surface area contributed by atoms with E-state index in [1.165, 1.54) is 17.3 Å². The van der Waals surface area contributed by atoms with Crippen molar-refractivity contribution in [3.05, 3.63) is 41.9 Å². The van der Waals surface area contributed by atoms with Gasteiger partial charge in [-0.25, -0.2) is 19.3 Å². The fraction of sp³-hybridized carbons (Fsp3) is 0.421. The topological polar surface area (TPSA) is 115 Å². The lowest BCUT2D eigenvalue weighted by Crippen LogP contribution is -2.46. The van der Waals surface area contributed by atoms with Crippen molar-refractivity contribution in [1.82, 2.24) is 25.4 Å². The number of carbonyl (C=O) groups is 3. The number of pyridine rings is 1. The van der Waals surface area contributed by atoms with Crippen LogP contribution in [0.25, 0.3) is 5.82 Å². The average molecular weight is 385 g/mol. The molecule has 28 heavy (non-hydrogen) atoms. The summed E-state index contributed by atoms with van der Waals surface area (Å²) in [5.41, 5.74) is 0.768. The summed E-state index contributed by atoms with van der Waals surface area (Å²) in [5, 5.41) is 9.09. The molecule has 1 aliphatic carbocycles. The summed E-state index contributed by atoms with van der Waals surface area (Å²) in [5.74, 6) is -0.810. The number of imide groups is 1. The zero-order valence-corrected chi connectivity index (χ0v) is 15.7. The van der Waals surface area contributed by atoms with Crippen molar-refractivity contribution in [3.63, 3.8) is 0 Å². The van der Waals surface area contributed by atoms with Gasteiger partial charge in [0.2, 0.25) is 0 Å². The Kier molecular flexibility index (Phi) is 6.36. The predicted molar refractivity (Wildman–Crippen MR) is 99.9 cm³/mol. The highest BCUT2D eigenvalue weighted by molar-refractivity contribution is 5.97. The maximum atomic E-state index is 12.2. The summed E-state index contributed by atoms with van der Waals surface area (Å²) in [6.07, 6.45) is 8.12. The predicted octanol–water partition coefficient (Wildman–Crippen LogP) is 1.89. The lowest BCUT2D eigenvalue weighted by Gasteiger charge is -2.22. The van der Waals surface area contributed by atoms with Crippen LogP contribution in [0.5, 0.6) is 0 Å². The first kappa shape index (κ1) is 19.5. The van der Waals surface area contributed by atoms with Crippen molar-refractivity contribution in [1.29, 1.82) is 0 Å². The van der Waals surface area contributed by atoms with E-state index in [0.29, 0.717) is 11.5 Å². The maximum Gasteiger partial charge on any atom is 0.342 e. The van der Waals surface area contributed by atoms with E-state index in [9.17, 15) is 14.4 Å². The minimum atomic E-state index is -0.692. The van der Waals surface area contributed by atoms with Crippen LogP contribution in [0.2, 0.25) is 0 Å². The fourth-order valence-corrected chi connectivity index (χ4v) is 3.16. The second-order valence-electron chi connectivity index (χ2n) is 6.68. The molecule has 0 radical (unpaired) electrons. The summed E-state index contributed by atoms with van der Waals surface area (Å²) in [4.78, 5) is 40.1. The number of ether oxygens (including phenoxy) is 1. The van der Waals surface area contributed by atoms with Crippen molar-refractivity contribution < 1.29 is 19.1 Å². The van der Waals surface area contributed by atoms with Gasteiger partial charge in [0, 0.05) is 12.2 Å². The quantitative estimate of drug-likeness (QED) is 0.760. The summed E-state index contributed by atoms with van der Waals surface area (Å²) in [6, 6.07) is 4.87. The maximum absolute atomic E-state index is 12.2. The number of nitrogens with zero attached hydrogens (tertiary/aromatic N) is 3. The standard InChI is InChI=1S/C19H23N5O4/c1-13-15(11-21-24(13)16-9-5-6-10-20-16)18(26)28-12-17(25)23-19(27)22-14-7-3-2-4-8-14/h5-6,9-11,14H,2-4,7-8,12H2,1H3,(H2,22,23,25,27). The lowest BCUT2D eigenvalue weighted by atomic mass is 9.96. The van der Waals surface area contributed by atoms with Crippen molar-refractivity contribution in [3.8, 4) is 5.82 Å². The van der Waals surface area contributed by atoms with Gasteiger partial charge >= 0.3 is 12.0 Å². The van der Waals surface area contributed by atoms with Gasteiger partial charge in [0.15, 0.2) is 12.4 Å². The number of carbonyl (C=O) groups excluding carboxylic acids is 3. The first-order valence-electron chi connectivity index (χ1n) is 9.28. The summed E-state index contributed by atoms with van der Waals surface area (Å²) >= 11 is 0. The van der Waals surface area contributed by atoms with Crippen molar-refractivity contribution in [2.75, 3.05) is 6.61 Å². The van der Waals surface area contributed by atoms with Crippen LogP contribution in [0.4, 0.5) is 4.79 Å². The highest BCUT2D eigenvalue weighted by Gasteiger charge is 2.20. The largest absolute Gasteiger partial charge is 0.452 e. The summed E-state index contributed by atoms with van der Waals surface area (Å²) in [6.45, 7) is 1.15. The Balaban J connectivity index is 1.49. The smallest absolute Gasteiger partial charge is 0.342 e. The van der Waals surface area contributed by atoms with Gasteiger partial charge in [-0.05, 0) is 31.9 Å². The molecule has 1 aliphatic rings. The number of rotatable bonds is 5. The lowest BCUT2D eigenvalue weighted by molar-refractivity contribution is -0.123. The van der Waals surface area contributed by atoms with Gasteiger partial charge in [-0.15, -0.1) is 0 Å². The number of nitrogens with one attached hydrogen (secondary N) is 2. The molecule has 2 aromatic rings. The van der Waals surface area contributed by atoms with E-state index in [0.717, 1.165) is 25.7 Å². The van der Waals surface area contributed by atoms with Crippen LogP contribution in [-0.2, 0) is 9.53 Å². The molecule has 3 rings (SSSR count). The molecule has 2 aromatic heterocycles. The van der Waals surface area contributed by atoms with Crippen LogP contribution in [0, 0.1) is 6.92 Å². The van der Waals surface area contributed by atoms with Crippen LogP contribution in [0.15, 0.2) is 30.6 Å². The van der Waals surface area contributed by atoms with Crippen molar-refractivity contribution in [2.45, 2.75) is 45.1 Å². The van der Waals surface area contributed by atoms with Gasteiger partial charge in [0.25, 0.3) is 5.91 Å². The Morgan fingerprint density at radius 2 is 2.00 bits per heavy atom. The zero-order valence-electron chi connectivity index (χ0n) is 15.7. The van der Waals surface area contributed by atoms with E-state index in [4.69, 9.17) is 4.74 Å². The number of urea groups is 1. The van der Waals surface area contributed by atoms with Crippen molar-refractivity contribution >= 4 is 17.9 Å². The number of amides is 3. The van der Waals surface area contributed by atoms with Crippen LogP contribution >= 0.6 is 0 Å². The highest BCUT2D eigenvalue weighted by Crippen LogP contribution is 2.17. The van der Waals surface area contributed by atoms with E-state index in [1.54, 1.807) is 25.3 Å². The van der Waals surface area contributed by atoms with E-state index >= 15 is 0 Å². The normalized spacial score (nSPS) is 14.3. The van der Waals surface area contributed by atoms with E-state index in [2.05, 4.69) is 20.7 Å². The van der Waals surface area contributed by atoms with Gasteiger partial charge in [-0.3, -0.25) is 10.1 Å². The third-order valence-corrected chi connectivity index (χ3v) is 4.62. The SMILES string of the molecule is Cc1c(C(=O)OCC(=O)NC(=O)NC2CCCCC2)cnn1-c1ccccn1. The molecule has 0 unspecified atom stereocenters. The van der Waals surface area contributed by atoms with Gasteiger partial charge < -0.3 is 10.1 Å². The van der Waals surface area contributed by atoms with Crippen LogP contribution < -0.4 is 10.6 Å². The average Bonchev–Trinajstić information content (AvgIpc) is 3.09. The Bertz CT molecular complexity index is 843. The Morgan fingerprint density at radius 3 is 2.71 bits per heavy atom. The van der Waals surface area contributed by atoms with E-state index in [-0.39, 0.29) is 11.6 Å².